The van der Waals surface area contributed by atoms with Gasteiger partial charge in [-0.25, -0.2) is 15.0 Å². The number of hydrogen-bond donors (Lipinski definition) is 5. The number of pyridine rings is 2. The van der Waals surface area contributed by atoms with Crippen LogP contribution in [0.1, 0.15) is 79.1 Å². The Morgan fingerprint density at radius 2 is 1.12 bits per heavy atom. The number of Topliss-reactive ketones (excluding diaryl/α,β-unsaturated/α-hetero) is 1. The van der Waals surface area contributed by atoms with Crippen LogP contribution in [0.2, 0.25) is 0 Å². The van der Waals surface area contributed by atoms with Crippen molar-refractivity contribution in [2.75, 3.05) is 34.0 Å². The number of nitrogen functional groups attached to an aromatic ring is 1. The summed E-state index contributed by atoms with van der Waals surface area (Å²) in [6, 6.07) is 22.8. The third-order valence-electron chi connectivity index (χ3n) is 8.89. The minimum Gasteiger partial charge on any atom is -0.481 e. The molecule has 0 saturated carbocycles. The van der Waals surface area contributed by atoms with Crippen LogP contribution in [0, 0.1) is 16.2 Å². The number of nitrogens with one attached hydrogen (secondary N) is 2. The number of nitrogens with zero attached hydrogens (tertiary/aromatic N) is 4. The first-order valence-electron chi connectivity index (χ1n) is 20.5. The molecule has 0 unspecified atom stereocenters. The molecular formula is C47H62N8O9. The Morgan fingerprint density at radius 3 is 1.47 bits per heavy atom. The number of ketones is 1. The molecule has 64 heavy (non-hydrogen) atoms. The highest BCUT2D eigenvalue weighted by Crippen LogP contribution is 2.26. The first-order valence-corrected chi connectivity index (χ1v) is 20.5. The largest absolute Gasteiger partial charge is 0.481 e. The van der Waals surface area contributed by atoms with E-state index < -0.39 is 16.8 Å². The zero-order valence-electron chi connectivity index (χ0n) is 38.2. The van der Waals surface area contributed by atoms with Gasteiger partial charge in [-0.05, 0) is 63.8 Å². The van der Waals surface area contributed by atoms with Gasteiger partial charge in [-0.15, -0.1) is 0 Å². The molecule has 0 amide bonds. The molecule has 0 radical (unpaired) electrons. The highest BCUT2D eigenvalue weighted by molar-refractivity contribution is 5.95. The molecule has 17 nitrogen and oxygen atoms in total. The van der Waals surface area contributed by atoms with Crippen LogP contribution in [-0.4, -0.2) is 93.8 Å². The fourth-order valence-electron chi connectivity index (χ4n) is 5.26. The quantitative estimate of drug-likeness (QED) is 0.0355. The van der Waals surface area contributed by atoms with Crippen LogP contribution in [0.5, 0.6) is 11.8 Å². The van der Waals surface area contributed by atoms with Crippen LogP contribution in [0.3, 0.4) is 0 Å². The van der Waals surface area contributed by atoms with Gasteiger partial charge < -0.3 is 35.5 Å². The van der Waals surface area contributed by atoms with Gasteiger partial charge in [0.15, 0.2) is 5.82 Å². The lowest BCUT2D eigenvalue weighted by atomic mass is 9.95. The van der Waals surface area contributed by atoms with Crippen molar-refractivity contribution in [2.24, 2.45) is 22.3 Å². The second-order valence-corrected chi connectivity index (χ2v) is 15.5. The summed E-state index contributed by atoms with van der Waals surface area (Å²) in [7, 11) is 2.73. The van der Waals surface area contributed by atoms with Crippen molar-refractivity contribution in [3.63, 3.8) is 0 Å². The molecule has 0 fully saturated rings. The van der Waals surface area contributed by atoms with Crippen LogP contribution >= 0.6 is 0 Å². The number of ether oxygens (including phenoxy) is 4. The molecule has 2 aromatic carbocycles. The molecule has 0 aliphatic heterocycles. The molecular weight excluding hydrogens is 821 g/mol. The number of H-pyrrole nitrogens is 1. The van der Waals surface area contributed by atoms with Gasteiger partial charge >= 0.3 is 11.9 Å². The van der Waals surface area contributed by atoms with E-state index in [2.05, 4.69) is 32.1 Å². The monoisotopic (exact) mass is 882 g/mol. The van der Waals surface area contributed by atoms with Crippen molar-refractivity contribution in [3.05, 3.63) is 96.6 Å². The Morgan fingerprint density at radius 1 is 0.703 bits per heavy atom. The van der Waals surface area contributed by atoms with Crippen LogP contribution < -0.4 is 20.9 Å². The van der Waals surface area contributed by atoms with E-state index in [1.54, 1.807) is 64.4 Å². The normalized spacial score (nSPS) is 10.6. The second kappa shape index (κ2) is 26.5. The van der Waals surface area contributed by atoms with Crippen molar-refractivity contribution < 1.29 is 43.2 Å². The van der Waals surface area contributed by atoms with Gasteiger partial charge in [0.1, 0.15) is 30.7 Å². The van der Waals surface area contributed by atoms with E-state index in [1.165, 1.54) is 14.2 Å². The molecule has 0 aliphatic carbocycles. The van der Waals surface area contributed by atoms with Gasteiger partial charge in [-0.2, -0.15) is 5.10 Å². The summed E-state index contributed by atoms with van der Waals surface area (Å²) in [5, 5.41) is 22.1. The van der Waals surface area contributed by atoms with Crippen LogP contribution in [0.15, 0.2) is 85.2 Å². The summed E-state index contributed by atoms with van der Waals surface area (Å²) in [6.45, 7) is 12.8. The molecule has 344 valence electrons. The molecule has 5 rings (SSSR count). The first-order chi connectivity index (χ1) is 30.3. The highest BCUT2D eigenvalue weighted by Gasteiger charge is 2.30. The van der Waals surface area contributed by atoms with E-state index in [0.29, 0.717) is 29.6 Å². The van der Waals surface area contributed by atoms with Crippen molar-refractivity contribution >= 4 is 29.5 Å². The Labute approximate surface area is 374 Å². The van der Waals surface area contributed by atoms with Crippen molar-refractivity contribution in [3.8, 4) is 45.4 Å². The maximum absolute atomic E-state index is 11.7. The number of nitrogens with two attached hydrogens (primary N) is 2. The predicted octanol–water partition coefficient (Wildman–Crippen LogP) is 7.08. The first kappa shape index (κ1) is 53.1. The number of aryl methyl sites for hydroxylation is 1. The number of esters is 2. The smallest absolute Gasteiger partial charge is 0.314 e. The zero-order valence-corrected chi connectivity index (χ0v) is 38.2. The zero-order chi connectivity index (χ0) is 47.9. The van der Waals surface area contributed by atoms with Gasteiger partial charge in [-0.1, -0.05) is 62.4 Å². The van der Waals surface area contributed by atoms with E-state index >= 15 is 0 Å². The number of carbonyl (C=O) groups is 4. The van der Waals surface area contributed by atoms with E-state index in [0.717, 1.165) is 59.8 Å². The van der Waals surface area contributed by atoms with E-state index in [4.69, 9.17) is 45.7 Å². The van der Waals surface area contributed by atoms with Crippen LogP contribution in [-0.2, 0) is 35.1 Å². The Balaban J connectivity index is 0.000000361. The summed E-state index contributed by atoms with van der Waals surface area (Å²) in [6.07, 6.45) is 6.92. The number of aliphatic carboxylic acids is 1. The number of aromatic amines is 1. The number of carboxylic acid groups (broad SMARTS) is 1. The van der Waals surface area contributed by atoms with Gasteiger partial charge in [0, 0.05) is 66.5 Å². The van der Waals surface area contributed by atoms with Crippen molar-refractivity contribution in [2.45, 2.75) is 74.1 Å². The minimum absolute atomic E-state index is 0.0386. The highest BCUT2D eigenvalue weighted by atomic mass is 16.5. The molecule has 0 saturated heterocycles. The number of carbonyl (C=O) groups excluding carboxylic acids is 3. The molecule has 3 aromatic heterocycles. The number of methoxy groups -OCH3 is 2. The topological polar surface area (TPSA) is 269 Å². The van der Waals surface area contributed by atoms with E-state index in [-0.39, 0.29) is 43.3 Å². The summed E-state index contributed by atoms with van der Waals surface area (Å²) in [4.78, 5) is 55.8. The molecule has 3 heterocycles. The SMILES string of the molecule is CC(=O)O.CCCC(=O)CN.CCCc1nc(-c2ccc(-c3ccc(OCC(C)(C)C(=O)OC)nc3)cc2)n[nH]1.COC(=O)C(C)(C)COc1ccc(-c2ccc(C(=N)N)cc2)cn1. The van der Waals surface area contributed by atoms with Crippen LogP contribution in [0.4, 0.5) is 0 Å². The standard InChI is InChI=1S/C22H26N4O3.C18H21N3O3.C5H11NO.C2H4O2/c1-5-6-18-24-20(26-25-18)16-9-7-15(8-10-16)17-11-12-19(23-13-17)29-14-22(2,3)21(27)28-4;1-18(2,17(22)23-3)11-24-15-9-8-14(10-21-15)12-4-6-13(7-5-12)16(19)20;1-2-3-5(7)4-6;1-2(3)4/h7-13H,5-6,14H2,1-4H3,(H,24,25,26);4-10H,11H2,1-3H3,(H3,19,20);2-4,6H2,1H3;1H3,(H,3,4). The fourth-order valence-corrected chi connectivity index (χ4v) is 5.26. The average molecular weight is 883 g/mol. The maximum Gasteiger partial charge on any atom is 0.314 e. The molecule has 0 atom stereocenters. The second-order valence-electron chi connectivity index (χ2n) is 15.5. The van der Waals surface area contributed by atoms with Crippen molar-refractivity contribution in [1.82, 2.24) is 25.1 Å². The summed E-state index contributed by atoms with van der Waals surface area (Å²) >= 11 is 0. The van der Waals surface area contributed by atoms with Gasteiger partial charge in [-0.3, -0.25) is 29.7 Å². The van der Waals surface area contributed by atoms with E-state index in [9.17, 15) is 14.4 Å². The van der Waals surface area contributed by atoms with Crippen LogP contribution in [0.25, 0.3) is 33.6 Å². The molecule has 0 aliphatic rings. The third-order valence-corrected chi connectivity index (χ3v) is 8.89. The van der Waals surface area contributed by atoms with Gasteiger partial charge in [0.25, 0.3) is 5.97 Å². The lowest BCUT2D eigenvalue weighted by Gasteiger charge is -2.21. The predicted molar refractivity (Wildman–Crippen MR) is 245 cm³/mol. The Kier molecular flexibility index (Phi) is 22.0. The Bertz CT molecular complexity index is 2220. The lowest BCUT2D eigenvalue weighted by molar-refractivity contribution is -0.153. The molecule has 7 N–H and O–H groups in total. The third kappa shape index (κ3) is 18.1. The Hall–Kier alpha value is -7.01. The molecule has 0 spiro atoms. The lowest BCUT2D eigenvalue weighted by Crippen LogP contribution is -2.32. The summed E-state index contributed by atoms with van der Waals surface area (Å²) in [5.41, 5.74) is 14.5. The summed E-state index contributed by atoms with van der Waals surface area (Å²) < 4.78 is 20.8. The number of amidine groups is 1. The fraction of sp³-hybridized carbons (Fsp3) is 0.383. The molecule has 17 heteroatoms. The molecule has 5 aromatic rings. The van der Waals surface area contributed by atoms with E-state index in [1.807, 2.05) is 55.5 Å². The number of rotatable bonds is 17. The number of benzene rings is 2. The summed E-state index contributed by atoms with van der Waals surface area (Å²) in [5.74, 6) is 1.23. The maximum atomic E-state index is 11.7. The minimum atomic E-state index is -0.833. The van der Waals surface area contributed by atoms with Gasteiger partial charge in [0.2, 0.25) is 11.8 Å². The van der Waals surface area contributed by atoms with Gasteiger partial charge in [0.05, 0.1) is 31.6 Å². The number of aromatic nitrogens is 5. The van der Waals surface area contributed by atoms with Crippen molar-refractivity contribution in [1.29, 1.82) is 5.41 Å². The average Bonchev–Trinajstić information content (AvgIpc) is 3.76. The molecule has 0 bridgehead atoms. The number of hydrogen-bond acceptors (Lipinski definition) is 14. The number of carboxylic acids is 1.